The molecule has 1 aromatic heterocycles. The van der Waals surface area contributed by atoms with Crippen LogP contribution in [0.15, 0.2) is 24.5 Å². The van der Waals surface area contributed by atoms with Crippen LogP contribution in [-0.2, 0) is 26.6 Å². The van der Waals surface area contributed by atoms with Crippen molar-refractivity contribution in [2.24, 2.45) is 0 Å². The summed E-state index contributed by atoms with van der Waals surface area (Å²) in [6, 6.07) is 4.36. The summed E-state index contributed by atoms with van der Waals surface area (Å²) in [5.74, 6) is 0. The quantitative estimate of drug-likeness (QED) is 0.288. The number of alkyl halides is 6. The van der Waals surface area contributed by atoms with E-state index in [-0.39, 0.29) is 0 Å². The summed E-state index contributed by atoms with van der Waals surface area (Å²) < 4.78 is 111. The molecule has 30 heavy (non-hydrogen) atoms. The maximum atomic E-state index is 11.4. The van der Waals surface area contributed by atoms with Gasteiger partial charge in [0, 0.05) is 18.6 Å². The molecule has 0 aliphatic carbocycles. The molecule has 0 aromatic carbocycles. The van der Waals surface area contributed by atoms with Gasteiger partial charge in [-0.2, -0.15) is 26.3 Å². The van der Waals surface area contributed by atoms with Gasteiger partial charge < -0.3 is 4.13 Å². The number of hydrogen-bond donors (Lipinski definition) is 0. The maximum Gasteiger partial charge on any atom is 0.480 e. The third-order valence-corrected chi connectivity index (χ3v) is 6.35. The van der Waals surface area contributed by atoms with Crippen LogP contribution in [0.25, 0.3) is 4.13 Å². The predicted octanol–water partition coefficient (Wildman–Crippen LogP) is 4.70. The first-order valence-electron chi connectivity index (χ1n) is 8.86. The second-order valence-electron chi connectivity index (χ2n) is 6.30. The standard InChI is InChI=1S/C14H24N.C2F6NO4S2/c1-3-4-5-6-7-8-11-15-12-9-14(2)10-13-15;3-1(4,5)14(10,11)9-15(12,13)2(6,7)8/h9-10,12-13H,3-8,11H2,1-2H3;/q+1;-1. The summed E-state index contributed by atoms with van der Waals surface area (Å²) in [5.41, 5.74) is -11.1. The Kier molecular flexibility index (Phi) is 11.3. The highest BCUT2D eigenvalue weighted by molar-refractivity contribution is 8.13. The molecule has 0 saturated heterocycles. The highest BCUT2D eigenvalue weighted by Crippen LogP contribution is 2.36. The zero-order valence-electron chi connectivity index (χ0n) is 16.4. The van der Waals surface area contributed by atoms with Gasteiger partial charge in [-0.3, -0.25) is 0 Å². The summed E-state index contributed by atoms with van der Waals surface area (Å²) >= 11 is 0. The number of aromatic nitrogens is 1. The van der Waals surface area contributed by atoms with Gasteiger partial charge in [0.05, 0.1) is 0 Å². The minimum atomic E-state index is -6.72. The molecular formula is C16H24F6N2O4S2. The third kappa shape index (κ3) is 10.6. The Morgan fingerprint density at radius 1 is 0.800 bits per heavy atom. The van der Waals surface area contributed by atoms with Gasteiger partial charge >= 0.3 is 11.0 Å². The Morgan fingerprint density at radius 3 is 1.60 bits per heavy atom. The first kappa shape index (κ1) is 28.6. The minimum Gasteiger partial charge on any atom is -0.421 e. The van der Waals surface area contributed by atoms with Crippen molar-refractivity contribution in [3.63, 3.8) is 0 Å². The normalized spacial score (nSPS) is 12.9. The molecule has 0 bridgehead atoms. The Labute approximate surface area is 172 Å². The van der Waals surface area contributed by atoms with Gasteiger partial charge in [0.25, 0.3) is 0 Å². The fraction of sp³-hybridized carbons (Fsp3) is 0.688. The van der Waals surface area contributed by atoms with Crippen LogP contribution in [0.5, 0.6) is 0 Å². The minimum absolute atomic E-state index is 0.778. The van der Waals surface area contributed by atoms with E-state index in [2.05, 4.69) is 42.9 Å². The smallest absolute Gasteiger partial charge is 0.421 e. The van der Waals surface area contributed by atoms with Crippen molar-refractivity contribution in [3.8, 4) is 0 Å². The second-order valence-corrected chi connectivity index (χ2v) is 9.72. The topological polar surface area (TPSA) is 86.3 Å². The van der Waals surface area contributed by atoms with Gasteiger partial charge in [-0.25, -0.2) is 21.4 Å². The molecule has 6 nitrogen and oxygen atoms in total. The molecule has 0 aliphatic heterocycles. The molecule has 0 amide bonds. The molecule has 0 radical (unpaired) electrons. The number of unbranched alkanes of at least 4 members (excludes halogenated alkanes) is 5. The average Bonchev–Trinajstić information content (AvgIpc) is 2.57. The molecule has 0 spiro atoms. The number of halogens is 6. The zero-order chi connectivity index (χ0) is 23.6. The molecule has 176 valence electrons. The lowest BCUT2D eigenvalue weighted by atomic mass is 10.1. The summed E-state index contributed by atoms with van der Waals surface area (Å²) in [6.45, 7) is 5.57. The van der Waals surface area contributed by atoms with Crippen molar-refractivity contribution < 1.29 is 47.7 Å². The monoisotopic (exact) mass is 486 g/mol. The molecule has 0 fully saturated rings. The highest BCUT2D eigenvalue weighted by atomic mass is 32.3. The Hall–Kier alpha value is -1.41. The first-order chi connectivity index (χ1) is 13.5. The number of pyridine rings is 1. The Balaban J connectivity index is 0.000000561. The van der Waals surface area contributed by atoms with E-state index in [4.69, 9.17) is 0 Å². The van der Waals surface area contributed by atoms with Crippen LogP contribution in [0.2, 0.25) is 0 Å². The first-order valence-corrected chi connectivity index (χ1v) is 11.7. The number of hydrogen-bond acceptors (Lipinski definition) is 4. The molecule has 0 saturated carbocycles. The van der Waals surface area contributed by atoms with Crippen LogP contribution in [-0.4, -0.2) is 27.9 Å². The van der Waals surface area contributed by atoms with Crippen LogP contribution in [0, 0.1) is 6.92 Å². The van der Waals surface area contributed by atoms with Crippen molar-refractivity contribution in [2.75, 3.05) is 0 Å². The van der Waals surface area contributed by atoms with Gasteiger partial charge in [0.2, 0.25) is 0 Å². The van der Waals surface area contributed by atoms with Crippen molar-refractivity contribution in [1.82, 2.24) is 0 Å². The summed E-state index contributed by atoms with van der Waals surface area (Å²) in [5, 5.41) is 0. The average molecular weight is 487 g/mol. The van der Waals surface area contributed by atoms with E-state index in [1.807, 2.05) is 0 Å². The largest absolute Gasteiger partial charge is 0.480 e. The van der Waals surface area contributed by atoms with Crippen LogP contribution in [0.4, 0.5) is 26.3 Å². The van der Waals surface area contributed by atoms with Crippen LogP contribution < -0.4 is 4.57 Å². The Bertz CT molecular complexity index is 794. The van der Waals surface area contributed by atoms with Gasteiger partial charge in [-0.1, -0.05) is 32.6 Å². The molecule has 0 unspecified atom stereocenters. The summed E-state index contributed by atoms with van der Waals surface area (Å²) in [6.07, 6.45) is 12.6. The van der Waals surface area contributed by atoms with Gasteiger partial charge in [0.1, 0.15) is 6.54 Å². The van der Waals surface area contributed by atoms with E-state index in [0.29, 0.717) is 0 Å². The van der Waals surface area contributed by atoms with Crippen LogP contribution in [0.3, 0.4) is 0 Å². The zero-order valence-corrected chi connectivity index (χ0v) is 18.0. The maximum absolute atomic E-state index is 11.4. The summed E-state index contributed by atoms with van der Waals surface area (Å²) in [7, 11) is -13.4. The van der Waals surface area contributed by atoms with Crippen molar-refractivity contribution >= 4 is 20.0 Å². The molecule has 1 rings (SSSR count). The van der Waals surface area contributed by atoms with Gasteiger partial charge in [0.15, 0.2) is 32.4 Å². The molecule has 0 N–H and O–H groups in total. The predicted molar refractivity (Wildman–Crippen MR) is 98.1 cm³/mol. The lowest BCUT2D eigenvalue weighted by Gasteiger charge is -2.22. The molecule has 1 heterocycles. The molecule has 0 atom stereocenters. The number of nitrogens with zero attached hydrogens (tertiary/aromatic N) is 2. The van der Waals surface area contributed by atoms with Crippen LogP contribution in [0.1, 0.15) is 51.0 Å². The fourth-order valence-electron chi connectivity index (χ4n) is 1.97. The lowest BCUT2D eigenvalue weighted by Crippen LogP contribution is -2.32. The van der Waals surface area contributed by atoms with Crippen molar-refractivity contribution in [3.05, 3.63) is 34.2 Å². The Morgan fingerprint density at radius 2 is 1.20 bits per heavy atom. The van der Waals surface area contributed by atoms with Gasteiger partial charge in [-0.15, -0.1) is 0 Å². The van der Waals surface area contributed by atoms with Crippen LogP contribution >= 0.6 is 0 Å². The molecule has 14 heteroatoms. The number of aryl methyl sites for hydroxylation is 2. The van der Waals surface area contributed by atoms with Crippen molar-refractivity contribution in [1.29, 1.82) is 0 Å². The summed E-state index contributed by atoms with van der Waals surface area (Å²) in [4.78, 5) is 0. The third-order valence-electron chi connectivity index (χ3n) is 3.61. The molecular weight excluding hydrogens is 462 g/mol. The SMILES string of the molecule is CCCCCCCC[n+]1ccc(C)cc1.O=S(=O)([N-]S(=O)(=O)C(F)(F)F)C(F)(F)F. The van der Waals surface area contributed by atoms with Crippen molar-refractivity contribution in [2.45, 2.75) is 69.9 Å². The van der Waals surface area contributed by atoms with E-state index >= 15 is 0 Å². The fourth-order valence-corrected chi connectivity index (χ4v) is 3.68. The number of sulfonamides is 2. The highest BCUT2D eigenvalue weighted by Gasteiger charge is 2.46. The van der Waals surface area contributed by atoms with E-state index in [1.165, 1.54) is 50.6 Å². The van der Waals surface area contributed by atoms with Gasteiger partial charge in [-0.05, 0) is 18.9 Å². The lowest BCUT2D eigenvalue weighted by molar-refractivity contribution is -0.697. The van der Waals surface area contributed by atoms with E-state index < -0.39 is 31.1 Å². The molecule has 1 aromatic rings. The second kappa shape index (κ2) is 11.8. The van der Waals surface area contributed by atoms with E-state index in [9.17, 15) is 43.2 Å². The van der Waals surface area contributed by atoms with E-state index in [0.717, 1.165) is 4.13 Å². The van der Waals surface area contributed by atoms with E-state index in [1.54, 1.807) is 0 Å². The molecule has 0 aliphatic rings. The number of rotatable bonds is 9.